The zero-order valence-corrected chi connectivity index (χ0v) is 22.9. The number of benzene rings is 3. The van der Waals surface area contributed by atoms with E-state index < -0.39 is 36.0 Å². The number of aryl methyl sites for hydroxylation is 1. The molecule has 0 radical (unpaired) electrons. The first kappa shape index (κ1) is 29.3. The molecular weight excluding hydrogens is 520 g/mol. The van der Waals surface area contributed by atoms with Crippen molar-refractivity contribution in [2.75, 3.05) is 13.2 Å². The molecule has 4 N–H and O–H groups in total. The number of cyclic esters (lactones) is 1. The molecule has 1 aliphatic heterocycles. The minimum absolute atomic E-state index is 0.117. The number of alkyl carbamates (subject to hydrolysis) is 1. The molecule has 1 fully saturated rings. The summed E-state index contributed by atoms with van der Waals surface area (Å²) in [7, 11) is 0. The molecule has 1 aliphatic rings. The van der Waals surface area contributed by atoms with Gasteiger partial charge in [0.2, 0.25) is 17.7 Å². The van der Waals surface area contributed by atoms with E-state index in [1.807, 2.05) is 78.9 Å². The van der Waals surface area contributed by atoms with Gasteiger partial charge in [0, 0.05) is 19.4 Å². The van der Waals surface area contributed by atoms with Crippen molar-refractivity contribution < 1.29 is 23.9 Å². The Morgan fingerprint density at radius 1 is 0.732 bits per heavy atom. The van der Waals surface area contributed by atoms with Crippen LogP contribution in [0.2, 0.25) is 0 Å². The van der Waals surface area contributed by atoms with Crippen LogP contribution in [0.1, 0.15) is 29.5 Å². The first-order valence-electron chi connectivity index (χ1n) is 13.9. The third-order valence-electron chi connectivity index (χ3n) is 6.86. The summed E-state index contributed by atoms with van der Waals surface area (Å²) in [4.78, 5) is 51.1. The minimum Gasteiger partial charge on any atom is -0.447 e. The number of hydrogen-bond acceptors (Lipinski definition) is 5. The summed E-state index contributed by atoms with van der Waals surface area (Å²) in [5, 5.41) is 11.0. The average molecular weight is 557 g/mol. The van der Waals surface area contributed by atoms with Gasteiger partial charge in [0.1, 0.15) is 24.7 Å². The summed E-state index contributed by atoms with van der Waals surface area (Å²) in [6, 6.07) is 26.2. The van der Waals surface area contributed by atoms with Crippen molar-refractivity contribution in [2.24, 2.45) is 0 Å². The molecule has 3 aromatic carbocycles. The van der Waals surface area contributed by atoms with E-state index in [-0.39, 0.29) is 18.9 Å². The van der Waals surface area contributed by atoms with E-state index in [0.717, 1.165) is 30.4 Å². The quantitative estimate of drug-likeness (QED) is 0.227. The van der Waals surface area contributed by atoms with Crippen molar-refractivity contribution in [1.82, 2.24) is 21.3 Å². The van der Waals surface area contributed by atoms with E-state index >= 15 is 0 Å². The van der Waals surface area contributed by atoms with Gasteiger partial charge in [-0.05, 0) is 36.0 Å². The monoisotopic (exact) mass is 556 g/mol. The van der Waals surface area contributed by atoms with Crippen molar-refractivity contribution in [1.29, 1.82) is 0 Å². The summed E-state index contributed by atoms with van der Waals surface area (Å²) in [5.74, 6) is -1.31. The number of hydrogen-bond donors (Lipinski definition) is 4. The number of amides is 4. The van der Waals surface area contributed by atoms with Crippen LogP contribution in [0, 0.1) is 0 Å². The maximum absolute atomic E-state index is 13.6. The van der Waals surface area contributed by atoms with Crippen LogP contribution >= 0.6 is 0 Å². The fraction of sp³-hybridized carbons (Fsp3) is 0.312. The molecular formula is C32H36N4O5. The Bertz CT molecular complexity index is 1290. The molecule has 0 spiro atoms. The van der Waals surface area contributed by atoms with Gasteiger partial charge < -0.3 is 26.0 Å². The van der Waals surface area contributed by atoms with Crippen LogP contribution in [-0.2, 0) is 38.4 Å². The lowest BCUT2D eigenvalue weighted by Gasteiger charge is -2.24. The molecule has 4 rings (SSSR count). The third-order valence-corrected chi connectivity index (χ3v) is 6.86. The fourth-order valence-corrected chi connectivity index (χ4v) is 4.62. The standard InChI is InChI=1S/C32H36N4O5/c37-29(33-19-11-10-14-23-12-4-1-5-13-23)26(20-24-15-6-2-7-16-24)34-30(38)27(21-25-17-8-3-9-18-25)35-31(39)28-22-41-32(40)36-28/h1-9,12-13,15-18,26-28H,10-11,14,19-22H2,(H,33,37)(H,34,38)(H,35,39)(H,36,40)/t26-,27-,28-/m0/s1. The summed E-state index contributed by atoms with van der Waals surface area (Å²) in [6.45, 7) is 0.367. The Kier molecular flexibility index (Phi) is 10.9. The second-order valence-electron chi connectivity index (χ2n) is 10.0. The summed E-state index contributed by atoms with van der Waals surface area (Å²) in [6.07, 6.45) is 2.47. The van der Waals surface area contributed by atoms with Gasteiger partial charge in [0.05, 0.1) is 0 Å². The molecule has 3 atom stereocenters. The van der Waals surface area contributed by atoms with E-state index in [1.165, 1.54) is 5.56 Å². The number of rotatable bonds is 14. The SMILES string of the molecule is O=C1N[C@H](C(=O)N[C@@H](Cc2ccccc2)C(=O)N[C@@H](Cc2ccccc2)C(=O)NCCCCc2ccccc2)CO1. The average Bonchev–Trinajstić information content (AvgIpc) is 3.44. The van der Waals surface area contributed by atoms with Gasteiger partial charge in [-0.2, -0.15) is 0 Å². The number of nitrogens with one attached hydrogen (secondary N) is 4. The van der Waals surface area contributed by atoms with Gasteiger partial charge in [0.25, 0.3) is 0 Å². The van der Waals surface area contributed by atoms with Gasteiger partial charge >= 0.3 is 6.09 Å². The Morgan fingerprint density at radius 3 is 1.80 bits per heavy atom. The second kappa shape index (κ2) is 15.2. The Morgan fingerprint density at radius 2 is 1.27 bits per heavy atom. The lowest BCUT2D eigenvalue weighted by Crippen LogP contribution is -2.57. The highest BCUT2D eigenvalue weighted by Crippen LogP contribution is 2.09. The lowest BCUT2D eigenvalue weighted by atomic mass is 10.0. The van der Waals surface area contributed by atoms with Crippen LogP contribution in [0.25, 0.3) is 0 Å². The van der Waals surface area contributed by atoms with Gasteiger partial charge in [-0.15, -0.1) is 0 Å². The molecule has 0 aliphatic carbocycles. The fourth-order valence-electron chi connectivity index (χ4n) is 4.62. The van der Waals surface area contributed by atoms with Crippen molar-refractivity contribution in [3.8, 4) is 0 Å². The van der Waals surface area contributed by atoms with E-state index in [1.54, 1.807) is 0 Å². The predicted molar refractivity (Wildman–Crippen MR) is 155 cm³/mol. The Balaban J connectivity index is 1.40. The van der Waals surface area contributed by atoms with Crippen LogP contribution in [0.4, 0.5) is 4.79 Å². The van der Waals surface area contributed by atoms with E-state index in [0.29, 0.717) is 13.0 Å². The first-order valence-corrected chi connectivity index (χ1v) is 13.9. The van der Waals surface area contributed by atoms with Gasteiger partial charge in [-0.25, -0.2) is 4.79 Å². The maximum atomic E-state index is 13.6. The summed E-state index contributed by atoms with van der Waals surface area (Å²) in [5.41, 5.74) is 2.98. The normalized spacial score (nSPS) is 15.6. The molecule has 4 amide bonds. The summed E-state index contributed by atoms with van der Waals surface area (Å²) < 4.78 is 4.82. The lowest BCUT2D eigenvalue weighted by molar-refractivity contribution is -0.132. The van der Waals surface area contributed by atoms with Crippen molar-refractivity contribution in [3.05, 3.63) is 108 Å². The smallest absolute Gasteiger partial charge is 0.407 e. The molecule has 0 saturated carbocycles. The number of carbonyl (C=O) groups excluding carboxylic acids is 4. The van der Waals surface area contributed by atoms with Gasteiger partial charge in [-0.3, -0.25) is 14.4 Å². The number of unbranched alkanes of at least 4 members (excludes halogenated alkanes) is 1. The number of carbonyl (C=O) groups is 4. The second-order valence-corrected chi connectivity index (χ2v) is 10.0. The Labute approximate surface area is 240 Å². The molecule has 3 aromatic rings. The Hall–Kier alpha value is -4.66. The van der Waals surface area contributed by atoms with Crippen LogP contribution in [-0.4, -0.2) is 55.1 Å². The van der Waals surface area contributed by atoms with Gasteiger partial charge in [-0.1, -0.05) is 91.0 Å². The highest BCUT2D eigenvalue weighted by atomic mass is 16.6. The van der Waals surface area contributed by atoms with Crippen LogP contribution in [0.3, 0.4) is 0 Å². The zero-order valence-electron chi connectivity index (χ0n) is 22.9. The van der Waals surface area contributed by atoms with Crippen LogP contribution in [0.15, 0.2) is 91.0 Å². The van der Waals surface area contributed by atoms with Crippen LogP contribution in [0.5, 0.6) is 0 Å². The topological polar surface area (TPSA) is 126 Å². The molecule has 9 nitrogen and oxygen atoms in total. The molecule has 41 heavy (non-hydrogen) atoms. The van der Waals surface area contributed by atoms with E-state index in [2.05, 4.69) is 33.4 Å². The molecule has 0 unspecified atom stereocenters. The highest BCUT2D eigenvalue weighted by molar-refractivity contribution is 5.94. The molecule has 214 valence electrons. The molecule has 9 heteroatoms. The van der Waals surface area contributed by atoms with Crippen LogP contribution < -0.4 is 21.3 Å². The number of ether oxygens (including phenoxy) is 1. The van der Waals surface area contributed by atoms with Gasteiger partial charge in [0.15, 0.2) is 0 Å². The van der Waals surface area contributed by atoms with E-state index in [9.17, 15) is 19.2 Å². The predicted octanol–water partition coefficient (Wildman–Crippen LogP) is 2.69. The highest BCUT2D eigenvalue weighted by Gasteiger charge is 2.33. The largest absolute Gasteiger partial charge is 0.447 e. The molecule has 0 bridgehead atoms. The molecule has 1 heterocycles. The van der Waals surface area contributed by atoms with Crippen molar-refractivity contribution in [3.63, 3.8) is 0 Å². The van der Waals surface area contributed by atoms with Crippen molar-refractivity contribution in [2.45, 2.75) is 50.2 Å². The third kappa shape index (κ3) is 9.49. The minimum atomic E-state index is -0.973. The first-order chi connectivity index (χ1) is 20.0. The van der Waals surface area contributed by atoms with Crippen molar-refractivity contribution >= 4 is 23.8 Å². The molecule has 0 aromatic heterocycles. The maximum Gasteiger partial charge on any atom is 0.407 e. The summed E-state index contributed by atoms with van der Waals surface area (Å²) >= 11 is 0. The zero-order chi connectivity index (χ0) is 28.9. The molecule has 1 saturated heterocycles. The van der Waals surface area contributed by atoms with E-state index in [4.69, 9.17) is 4.74 Å².